The van der Waals surface area contributed by atoms with E-state index in [1.54, 1.807) is 0 Å². The van der Waals surface area contributed by atoms with E-state index in [2.05, 4.69) is 20.8 Å². The lowest BCUT2D eigenvalue weighted by Crippen LogP contribution is -2.62. The summed E-state index contributed by atoms with van der Waals surface area (Å²) in [5, 5.41) is 23.1. The van der Waals surface area contributed by atoms with Crippen LogP contribution >= 0.6 is 0 Å². The smallest absolute Gasteiger partial charge is 0.159 e. The van der Waals surface area contributed by atoms with Crippen LogP contribution in [0.15, 0.2) is 11.6 Å². The number of rotatable bonds is 4. The van der Waals surface area contributed by atoms with Gasteiger partial charge >= 0.3 is 0 Å². The number of carbonyl (C=O) groups excluding carboxylic acids is 1. The van der Waals surface area contributed by atoms with Gasteiger partial charge in [0, 0.05) is 11.3 Å². The summed E-state index contributed by atoms with van der Waals surface area (Å²) >= 11 is 0. The minimum Gasteiger partial charge on any atom is -0.390 e. The molecule has 2 aliphatic heterocycles. The van der Waals surface area contributed by atoms with Gasteiger partial charge in [0.2, 0.25) is 0 Å². The molecule has 6 aliphatic rings. The molecule has 2 N–H and O–H groups in total. The first-order valence-electron chi connectivity index (χ1n) is 15.0. The van der Waals surface area contributed by atoms with Crippen molar-refractivity contribution in [2.24, 2.45) is 28.6 Å². The number of carbonyl (C=O) groups is 1. The lowest BCUT2D eigenvalue weighted by molar-refractivity contribution is -0.161. The molecule has 214 valence electrons. The highest BCUT2D eigenvalue weighted by atomic mass is 16.7. The minimum atomic E-state index is -1.06. The van der Waals surface area contributed by atoms with Gasteiger partial charge in [-0.05, 0) is 115 Å². The van der Waals surface area contributed by atoms with E-state index in [4.69, 9.17) is 18.9 Å². The van der Waals surface area contributed by atoms with Crippen molar-refractivity contribution in [3.63, 3.8) is 0 Å². The Labute approximate surface area is 227 Å². The largest absolute Gasteiger partial charge is 0.390 e. The number of ketones is 1. The first-order chi connectivity index (χ1) is 17.6. The fraction of sp³-hybridized carbons (Fsp3) is 0.903. The molecule has 7 heteroatoms. The third kappa shape index (κ3) is 3.78. The highest BCUT2D eigenvalue weighted by Crippen LogP contribution is 2.69. The number of ether oxygens (including phenoxy) is 4. The zero-order chi connectivity index (χ0) is 27.5. The number of allylic oxidation sites excluding steroid dienone is 1. The van der Waals surface area contributed by atoms with Crippen LogP contribution in [-0.2, 0) is 23.7 Å². The summed E-state index contributed by atoms with van der Waals surface area (Å²) in [6, 6.07) is 0. The number of hydrogen-bond acceptors (Lipinski definition) is 7. The first-order valence-corrected chi connectivity index (χ1v) is 15.0. The molecule has 0 aromatic carbocycles. The average Bonchev–Trinajstić information content (AvgIpc) is 3.40. The van der Waals surface area contributed by atoms with Gasteiger partial charge < -0.3 is 29.2 Å². The Morgan fingerprint density at radius 2 is 1.71 bits per heavy atom. The molecule has 2 saturated heterocycles. The zero-order valence-electron chi connectivity index (χ0n) is 24.3. The molecule has 0 bridgehead atoms. The second-order valence-electron chi connectivity index (χ2n) is 14.7. The normalized spacial score (nSPS) is 54.2. The van der Waals surface area contributed by atoms with Crippen molar-refractivity contribution in [2.45, 2.75) is 148 Å². The van der Waals surface area contributed by atoms with E-state index in [1.807, 2.05) is 33.8 Å². The predicted octanol–water partition coefficient (Wildman–Crippen LogP) is 4.67. The fourth-order valence-corrected chi connectivity index (χ4v) is 10.0. The van der Waals surface area contributed by atoms with Crippen LogP contribution in [0.25, 0.3) is 0 Å². The Kier molecular flexibility index (Phi) is 6.18. The molecule has 0 unspecified atom stereocenters. The Bertz CT molecular complexity index is 1020. The third-order valence-corrected chi connectivity index (χ3v) is 11.9. The van der Waals surface area contributed by atoms with E-state index in [1.165, 1.54) is 0 Å². The van der Waals surface area contributed by atoms with E-state index in [0.717, 1.165) is 31.3 Å². The van der Waals surface area contributed by atoms with Crippen molar-refractivity contribution in [1.82, 2.24) is 0 Å². The van der Waals surface area contributed by atoms with E-state index in [9.17, 15) is 15.0 Å². The van der Waals surface area contributed by atoms with Gasteiger partial charge in [0.25, 0.3) is 0 Å². The topological polar surface area (TPSA) is 94.5 Å². The maximum absolute atomic E-state index is 13.7. The molecule has 2 heterocycles. The third-order valence-electron chi connectivity index (χ3n) is 11.9. The lowest BCUT2D eigenvalue weighted by atomic mass is 9.45. The molecule has 4 aliphatic carbocycles. The van der Waals surface area contributed by atoms with Crippen LogP contribution in [0.3, 0.4) is 0 Å². The van der Waals surface area contributed by atoms with Crippen LogP contribution in [0, 0.1) is 28.6 Å². The van der Waals surface area contributed by atoms with Gasteiger partial charge in [-0.3, -0.25) is 4.79 Å². The van der Waals surface area contributed by atoms with Crippen molar-refractivity contribution >= 4 is 5.78 Å². The molecule has 7 nitrogen and oxygen atoms in total. The van der Waals surface area contributed by atoms with E-state index in [0.29, 0.717) is 25.7 Å². The zero-order valence-corrected chi connectivity index (χ0v) is 24.3. The molecule has 0 radical (unpaired) electrons. The van der Waals surface area contributed by atoms with E-state index >= 15 is 0 Å². The number of fused-ring (bicyclic) bond motifs is 6. The molecule has 0 aromatic rings. The highest BCUT2D eigenvalue weighted by molar-refractivity contribution is 5.95. The Morgan fingerprint density at radius 3 is 2.42 bits per heavy atom. The van der Waals surface area contributed by atoms with Crippen molar-refractivity contribution < 1.29 is 34.0 Å². The molecular formula is C31H48O7. The first kappa shape index (κ1) is 27.3. The molecule has 3 saturated carbocycles. The Balaban J connectivity index is 1.32. The quantitative estimate of drug-likeness (QED) is 0.543. The van der Waals surface area contributed by atoms with Crippen LogP contribution in [0.2, 0.25) is 0 Å². The van der Waals surface area contributed by atoms with Crippen LogP contribution in [0.4, 0.5) is 0 Å². The van der Waals surface area contributed by atoms with Crippen molar-refractivity contribution in [3.8, 4) is 0 Å². The number of hydrogen-bond donors (Lipinski definition) is 2. The molecule has 38 heavy (non-hydrogen) atoms. The summed E-state index contributed by atoms with van der Waals surface area (Å²) in [7, 11) is 0. The summed E-state index contributed by atoms with van der Waals surface area (Å²) in [5.41, 5.74) is -2.14. The molecule has 0 amide bonds. The van der Waals surface area contributed by atoms with E-state index in [-0.39, 0.29) is 59.8 Å². The highest BCUT2D eigenvalue weighted by Gasteiger charge is 2.71. The standard InChI is InChI=1S/C31H48O7/c1-17-35-23-15-21-22(32)14-20-19(28(21,5)16-24(23)36-17)8-12-29(6)25(9-13-31(20,29)34)30(7)26(37-18(2)38-30)10-11-27(3,4)33/h14,17-19,21,23-26,33-34H,8-13,15-16H2,1-7H3/t17-,18-,19+,21+,23-,24+,25+,26-,28-,29-,30-,31-/m1/s1. The van der Waals surface area contributed by atoms with Gasteiger partial charge in [0.1, 0.15) is 0 Å². The predicted molar refractivity (Wildman–Crippen MR) is 141 cm³/mol. The molecule has 0 spiro atoms. The summed E-state index contributed by atoms with van der Waals surface area (Å²) < 4.78 is 25.0. The van der Waals surface area contributed by atoms with Gasteiger partial charge in [-0.1, -0.05) is 13.8 Å². The van der Waals surface area contributed by atoms with Crippen LogP contribution in [-0.4, -0.2) is 63.7 Å². The van der Waals surface area contributed by atoms with Gasteiger partial charge in [0.15, 0.2) is 18.4 Å². The Hall–Kier alpha value is -0.830. The van der Waals surface area contributed by atoms with Crippen LogP contribution in [0.5, 0.6) is 0 Å². The van der Waals surface area contributed by atoms with Gasteiger partial charge in [-0.15, -0.1) is 0 Å². The lowest BCUT2D eigenvalue weighted by Gasteiger charge is -2.60. The molecular weight excluding hydrogens is 484 g/mol. The average molecular weight is 533 g/mol. The second-order valence-corrected chi connectivity index (χ2v) is 14.7. The maximum Gasteiger partial charge on any atom is 0.159 e. The summed E-state index contributed by atoms with van der Waals surface area (Å²) in [5.74, 6) is 0.279. The summed E-state index contributed by atoms with van der Waals surface area (Å²) in [4.78, 5) is 13.7. The van der Waals surface area contributed by atoms with Gasteiger partial charge in [0.05, 0.1) is 35.1 Å². The van der Waals surface area contributed by atoms with Crippen LogP contribution < -0.4 is 0 Å². The van der Waals surface area contributed by atoms with Gasteiger partial charge in [-0.2, -0.15) is 0 Å². The maximum atomic E-state index is 13.7. The van der Waals surface area contributed by atoms with Crippen molar-refractivity contribution in [3.05, 3.63) is 11.6 Å². The molecule has 0 aromatic heterocycles. The summed E-state index contributed by atoms with van der Waals surface area (Å²) in [6.07, 6.45) is 7.17. The SMILES string of the molecule is C[C@@H]1O[C@H](CCC(C)(C)O)[C@@](C)([C@H]2CC[C@@]3(O)C4=CC(=O)[C@@H]5C[C@H]6O[C@@H](C)O[C@H]6C[C@]5(C)[C@H]4CC[C@]23C)O1. The second kappa shape index (κ2) is 8.59. The number of aliphatic hydroxyl groups is 2. The molecule has 6 rings (SSSR count). The molecule has 5 fully saturated rings. The van der Waals surface area contributed by atoms with E-state index < -0.39 is 22.2 Å². The monoisotopic (exact) mass is 532 g/mol. The molecule has 12 atom stereocenters. The fourth-order valence-electron chi connectivity index (χ4n) is 10.0. The van der Waals surface area contributed by atoms with Crippen molar-refractivity contribution in [2.75, 3.05) is 0 Å². The van der Waals surface area contributed by atoms with Crippen molar-refractivity contribution in [1.29, 1.82) is 0 Å². The Morgan fingerprint density at radius 1 is 1.00 bits per heavy atom. The summed E-state index contributed by atoms with van der Waals surface area (Å²) in [6.45, 7) is 14.2. The van der Waals surface area contributed by atoms with Crippen LogP contribution in [0.1, 0.15) is 99.8 Å². The minimum absolute atomic E-state index is 0.0126. The van der Waals surface area contributed by atoms with Gasteiger partial charge in [-0.25, -0.2) is 0 Å².